The van der Waals surface area contributed by atoms with E-state index in [2.05, 4.69) is 79.4 Å². The Labute approximate surface area is 195 Å². The number of nitrogens with zero attached hydrogens (tertiary/aromatic N) is 1. The number of para-hydroxylation sites is 1. The molecular weight excluding hydrogens is 414 g/mol. The molecule has 0 N–H and O–H groups in total. The molecule has 0 saturated heterocycles. The van der Waals surface area contributed by atoms with Gasteiger partial charge in [-0.2, -0.15) is 0 Å². The number of fused-ring (bicyclic) bond motifs is 2. The van der Waals surface area contributed by atoms with Crippen molar-refractivity contribution in [1.29, 1.82) is 0 Å². The molecule has 1 aliphatic heterocycles. The molecule has 2 aliphatic rings. The van der Waals surface area contributed by atoms with Crippen LogP contribution < -0.4 is 4.90 Å². The minimum atomic E-state index is 0.564. The summed E-state index contributed by atoms with van der Waals surface area (Å²) in [7, 11) is 0. The predicted molar refractivity (Wildman–Crippen MR) is 135 cm³/mol. The average molecular weight is 446 g/mol. The summed E-state index contributed by atoms with van der Waals surface area (Å²) in [5.74, 6) is 0. The monoisotopic (exact) mass is 445 g/mol. The Morgan fingerprint density at radius 1 is 0.645 bits per heavy atom. The van der Waals surface area contributed by atoms with E-state index in [-0.39, 0.29) is 0 Å². The van der Waals surface area contributed by atoms with Crippen molar-refractivity contribution in [3.8, 4) is 0 Å². The van der Waals surface area contributed by atoms with Gasteiger partial charge in [-0.25, -0.2) is 0 Å². The first-order valence-electron chi connectivity index (χ1n) is 11.7. The second-order valence-electron chi connectivity index (χ2n) is 8.86. The highest BCUT2D eigenvalue weighted by molar-refractivity contribution is 8.05. The molecule has 1 fully saturated rings. The number of aryl methyl sites for hydroxylation is 2. The smallest absolute Gasteiger partial charge is 0.0596 e. The van der Waals surface area contributed by atoms with Crippen molar-refractivity contribution in [3.63, 3.8) is 0 Å². The van der Waals surface area contributed by atoms with Gasteiger partial charge in [-0.3, -0.25) is 0 Å². The highest BCUT2D eigenvalue weighted by atomic mass is 32.2. The predicted octanol–water partition coefficient (Wildman–Crippen LogP) is 9.17. The van der Waals surface area contributed by atoms with Gasteiger partial charge in [0.2, 0.25) is 0 Å². The van der Waals surface area contributed by atoms with Gasteiger partial charge in [0.05, 0.1) is 10.6 Å². The van der Waals surface area contributed by atoms with Crippen LogP contribution in [0.5, 0.6) is 0 Å². The summed E-state index contributed by atoms with van der Waals surface area (Å²) in [6.07, 6.45) is 9.40. The van der Waals surface area contributed by atoms with E-state index in [1.54, 1.807) is 0 Å². The lowest BCUT2D eigenvalue weighted by molar-refractivity contribution is 0.447. The molecule has 0 spiro atoms. The molecule has 0 aromatic heterocycles. The van der Waals surface area contributed by atoms with Gasteiger partial charge in [0.25, 0.3) is 0 Å². The fourth-order valence-corrected chi connectivity index (χ4v) is 7.44. The zero-order valence-electron chi connectivity index (χ0n) is 18.6. The number of anilines is 2. The van der Waals surface area contributed by atoms with Crippen molar-refractivity contribution in [2.75, 3.05) is 4.90 Å². The van der Waals surface area contributed by atoms with Crippen LogP contribution in [0.15, 0.2) is 80.2 Å². The Kier molecular flexibility index (Phi) is 6.34. The van der Waals surface area contributed by atoms with Gasteiger partial charge in [0.15, 0.2) is 0 Å². The Morgan fingerprint density at radius 2 is 1.29 bits per heavy atom. The molecule has 0 bridgehead atoms. The van der Waals surface area contributed by atoms with Crippen molar-refractivity contribution in [3.05, 3.63) is 71.8 Å². The van der Waals surface area contributed by atoms with E-state index in [4.69, 9.17) is 0 Å². The first kappa shape index (κ1) is 21.0. The van der Waals surface area contributed by atoms with Crippen molar-refractivity contribution < 1.29 is 0 Å². The third kappa shape index (κ3) is 4.27. The number of benzene rings is 3. The maximum Gasteiger partial charge on any atom is 0.0596 e. The number of rotatable bonds is 3. The quantitative estimate of drug-likeness (QED) is 0.309. The van der Waals surface area contributed by atoms with E-state index in [1.165, 1.54) is 87.0 Å². The molecule has 0 atom stereocenters. The lowest BCUT2D eigenvalue weighted by Crippen LogP contribution is -2.33. The molecule has 3 aromatic rings. The van der Waals surface area contributed by atoms with Gasteiger partial charge < -0.3 is 4.90 Å². The summed E-state index contributed by atoms with van der Waals surface area (Å²) in [6, 6.07) is 23.1. The second kappa shape index (κ2) is 9.34. The van der Waals surface area contributed by atoms with Crippen molar-refractivity contribution in [2.24, 2.45) is 0 Å². The fourth-order valence-electron chi connectivity index (χ4n) is 5.00. The minimum Gasteiger partial charge on any atom is -0.337 e. The van der Waals surface area contributed by atoms with Gasteiger partial charge in [0.1, 0.15) is 0 Å². The van der Waals surface area contributed by atoms with Crippen LogP contribution >= 0.6 is 23.5 Å². The summed E-state index contributed by atoms with van der Waals surface area (Å²) in [6.45, 7) is 4.57. The molecule has 3 heteroatoms. The number of hydrogen-bond acceptors (Lipinski definition) is 3. The SMILES string of the molecule is Cc1ccccc1N(c1c(C)ccc2c1Sc1ccccc1S2)C1CCCCCCC1. The van der Waals surface area contributed by atoms with E-state index >= 15 is 0 Å². The normalized spacial score (nSPS) is 16.7. The van der Waals surface area contributed by atoms with Crippen LogP contribution in [-0.4, -0.2) is 6.04 Å². The third-order valence-electron chi connectivity index (χ3n) is 6.63. The van der Waals surface area contributed by atoms with E-state index < -0.39 is 0 Å². The summed E-state index contributed by atoms with van der Waals surface area (Å²) in [5.41, 5.74) is 5.57. The molecule has 160 valence electrons. The standard InChI is InChI=1S/C28H31NS2/c1-20-12-8-9-15-23(20)29(22-13-6-4-3-5-7-14-22)27-21(2)18-19-26-28(27)31-25-17-11-10-16-24(25)30-26/h8-12,15-19,22H,3-7,13-14H2,1-2H3. The summed E-state index contributed by atoms with van der Waals surface area (Å²) >= 11 is 3.89. The lowest BCUT2D eigenvalue weighted by Gasteiger charge is -2.39. The van der Waals surface area contributed by atoms with Crippen LogP contribution in [0, 0.1) is 13.8 Å². The van der Waals surface area contributed by atoms with Crippen LogP contribution in [0.4, 0.5) is 11.4 Å². The molecule has 0 amide bonds. The van der Waals surface area contributed by atoms with Crippen molar-refractivity contribution in [2.45, 2.75) is 84.4 Å². The first-order chi connectivity index (χ1) is 15.2. The lowest BCUT2D eigenvalue weighted by atomic mass is 9.93. The van der Waals surface area contributed by atoms with Gasteiger partial charge in [-0.05, 0) is 62.1 Å². The second-order valence-corrected chi connectivity index (χ2v) is 11.0. The molecule has 1 nitrogen and oxygen atoms in total. The zero-order valence-corrected chi connectivity index (χ0v) is 20.2. The maximum atomic E-state index is 2.73. The van der Waals surface area contributed by atoms with Gasteiger partial charge in [-0.1, -0.05) is 92.0 Å². The molecule has 31 heavy (non-hydrogen) atoms. The van der Waals surface area contributed by atoms with E-state index in [1.807, 2.05) is 23.5 Å². The number of hydrogen-bond donors (Lipinski definition) is 0. The largest absolute Gasteiger partial charge is 0.337 e. The summed E-state index contributed by atoms with van der Waals surface area (Å²) in [4.78, 5) is 8.33. The zero-order chi connectivity index (χ0) is 21.2. The molecule has 0 unspecified atom stereocenters. The minimum absolute atomic E-state index is 0.564. The van der Waals surface area contributed by atoms with Gasteiger partial charge >= 0.3 is 0 Å². The summed E-state index contributed by atoms with van der Waals surface area (Å²) in [5, 5.41) is 0. The Bertz CT molecular complexity index is 1070. The van der Waals surface area contributed by atoms with Gasteiger partial charge in [0, 0.05) is 26.4 Å². The summed E-state index contributed by atoms with van der Waals surface area (Å²) < 4.78 is 0. The molecular formula is C28H31NS2. The van der Waals surface area contributed by atoms with Gasteiger partial charge in [-0.15, -0.1) is 0 Å². The van der Waals surface area contributed by atoms with Crippen LogP contribution in [0.3, 0.4) is 0 Å². The molecule has 1 heterocycles. The Balaban J connectivity index is 1.66. The van der Waals surface area contributed by atoms with E-state index in [0.29, 0.717) is 6.04 Å². The maximum absolute atomic E-state index is 2.73. The first-order valence-corrected chi connectivity index (χ1v) is 13.3. The highest BCUT2D eigenvalue weighted by Gasteiger charge is 2.29. The van der Waals surface area contributed by atoms with Crippen LogP contribution in [0.2, 0.25) is 0 Å². The van der Waals surface area contributed by atoms with E-state index in [0.717, 1.165) is 0 Å². The third-order valence-corrected chi connectivity index (χ3v) is 9.22. The topological polar surface area (TPSA) is 3.24 Å². The molecule has 1 saturated carbocycles. The van der Waals surface area contributed by atoms with Crippen LogP contribution in [0.1, 0.15) is 56.1 Å². The molecule has 1 aliphatic carbocycles. The van der Waals surface area contributed by atoms with Crippen molar-refractivity contribution in [1.82, 2.24) is 0 Å². The van der Waals surface area contributed by atoms with Crippen molar-refractivity contribution >= 4 is 34.9 Å². The Hall–Kier alpha value is -1.84. The fraction of sp³-hybridized carbons (Fsp3) is 0.357. The molecule has 0 radical (unpaired) electrons. The van der Waals surface area contributed by atoms with E-state index in [9.17, 15) is 0 Å². The van der Waals surface area contributed by atoms with Crippen LogP contribution in [-0.2, 0) is 0 Å². The highest BCUT2D eigenvalue weighted by Crippen LogP contribution is 2.54. The Morgan fingerprint density at radius 3 is 2.03 bits per heavy atom. The van der Waals surface area contributed by atoms with Crippen LogP contribution in [0.25, 0.3) is 0 Å². The average Bonchev–Trinajstić information content (AvgIpc) is 2.76. The molecule has 5 rings (SSSR count). The molecule has 3 aromatic carbocycles.